The molecule has 1 aliphatic heterocycles. The Kier molecular flexibility index (Phi) is 9.60. The fourth-order valence-electron chi connectivity index (χ4n) is 11.8. The molecule has 0 spiro atoms. The Morgan fingerprint density at radius 3 is 2.36 bits per heavy atom. The minimum atomic E-state index is -1.48. The number of Topliss-reactive ketones (excluding diaryl/α,β-unsaturated/α-hetero) is 1. The van der Waals surface area contributed by atoms with Gasteiger partial charge >= 0.3 is 0 Å². The molecule has 14 atom stereocenters. The SMILES string of the molecule is C/C(=C/CC[C@](C)(O)[C@@H]1CC[C@@]2(C)[C@@H]1CC[C@H]1[C@]3(C)CCC(=O)C(C)(C)[C@@H]3[C@H](O)C[C@]12C)CO[C@@H]1O[C@@H](CO)[C@@H](O)[C@H](O)[C@H]1O. The summed E-state index contributed by atoms with van der Waals surface area (Å²) in [5, 5.41) is 63.4. The van der Waals surface area contributed by atoms with Crippen molar-refractivity contribution in [3.8, 4) is 0 Å². The zero-order valence-electron chi connectivity index (χ0n) is 28.5. The first-order valence-corrected chi connectivity index (χ1v) is 17.4. The summed E-state index contributed by atoms with van der Waals surface area (Å²) in [7, 11) is 0. The van der Waals surface area contributed by atoms with E-state index in [0.717, 1.165) is 37.7 Å². The molecule has 0 aromatic rings. The van der Waals surface area contributed by atoms with Gasteiger partial charge in [0.25, 0.3) is 0 Å². The van der Waals surface area contributed by atoms with E-state index >= 15 is 0 Å². The van der Waals surface area contributed by atoms with Crippen molar-refractivity contribution in [2.75, 3.05) is 13.2 Å². The van der Waals surface area contributed by atoms with Gasteiger partial charge in [0.05, 0.1) is 24.9 Å². The average Bonchev–Trinajstić information content (AvgIpc) is 3.32. The summed E-state index contributed by atoms with van der Waals surface area (Å²) in [5.74, 6) is 1.22. The Labute approximate surface area is 269 Å². The number of fused-ring (bicyclic) bond motifs is 5. The minimum absolute atomic E-state index is 0.00384. The van der Waals surface area contributed by atoms with Crippen molar-refractivity contribution in [2.24, 2.45) is 45.3 Å². The summed E-state index contributed by atoms with van der Waals surface area (Å²) in [4.78, 5) is 13.0. The molecule has 5 rings (SSSR count). The van der Waals surface area contributed by atoms with Crippen molar-refractivity contribution < 1.29 is 44.9 Å². The molecule has 9 nitrogen and oxygen atoms in total. The molecule has 1 saturated heterocycles. The van der Waals surface area contributed by atoms with E-state index in [2.05, 4.69) is 34.6 Å². The van der Waals surface area contributed by atoms with Crippen molar-refractivity contribution in [2.45, 2.75) is 149 Å². The number of ketones is 1. The normalized spacial score (nSPS) is 49.5. The van der Waals surface area contributed by atoms with Gasteiger partial charge in [0.1, 0.15) is 30.2 Å². The van der Waals surface area contributed by atoms with Crippen molar-refractivity contribution in [1.29, 1.82) is 0 Å². The van der Waals surface area contributed by atoms with Gasteiger partial charge in [0.15, 0.2) is 6.29 Å². The predicted octanol–water partition coefficient (Wildman–Crippen LogP) is 3.51. The molecule has 5 aliphatic rings. The molecule has 0 bridgehead atoms. The molecular weight excluding hydrogens is 576 g/mol. The molecule has 4 aliphatic carbocycles. The minimum Gasteiger partial charge on any atom is -0.394 e. The van der Waals surface area contributed by atoms with E-state index in [1.165, 1.54) is 0 Å². The molecule has 0 aromatic heterocycles. The highest BCUT2D eigenvalue weighted by Gasteiger charge is 2.71. The van der Waals surface area contributed by atoms with Crippen molar-refractivity contribution >= 4 is 5.78 Å². The van der Waals surface area contributed by atoms with E-state index in [9.17, 15) is 35.4 Å². The van der Waals surface area contributed by atoms with Crippen LogP contribution in [0.25, 0.3) is 0 Å². The van der Waals surface area contributed by atoms with Gasteiger partial charge in [-0.1, -0.05) is 46.3 Å². The molecule has 45 heavy (non-hydrogen) atoms. The molecule has 0 aromatic carbocycles. The number of rotatable bonds is 8. The standard InChI is InChI=1S/C36H60O9/c1-20(19-44-31-29(42)28(41)27(40)24(18-37)45-31)9-8-14-36(7,43)22-12-16-34(5)21(22)10-11-25-33(4)15-13-26(39)32(2,3)30(33)23(38)17-35(25,34)6/h9,21-25,27-31,37-38,40-43H,8,10-19H2,1-7H3/b20-9-/t21-,22-,23-,24+,25+,27-,28+,29-,30+,31-,33+,34+,35-,36+/m1/s1. The second-order valence-corrected chi connectivity index (χ2v) is 17.1. The molecular formula is C36H60O9. The summed E-state index contributed by atoms with van der Waals surface area (Å²) >= 11 is 0. The lowest BCUT2D eigenvalue weighted by atomic mass is 9.35. The zero-order valence-corrected chi connectivity index (χ0v) is 28.5. The van der Waals surface area contributed by atoms with Crippen molar-refractivity contribution in [1.82, 2.24) is 0 Å². The number of ether oxygens (including phenoxy) is 2. The van der Waals surface area contributed by atoms with Crippen LogP contribution in [0, 0.1) is 45.3 Å². The summed E-state index contributed by atoms with van der Waals surface area (Å²) in [6.45, 7) is 14.8. The van der Waals surface area contributed by atoms with Crippen molar-refractivity contribution in [3.63, 3.8) is 0 Å². The van der Waals surface area contributed by atoms with E-state index in [1.807, 2.05) is 19.9 Å². The van der Waals surface area contributed by atoms with E-state index in [-0.39, 0.29) is 40.5 Å². The molecule has 1 heterocycles. The fraction of sp³-hybridized carbons (Fsp3) is 0.917. The first kappa shape index (κ1) is 35.4. The highest BCUT2D eigenvalue weighted by Crippen LogP contribution is 2.75. The number of hydrogen-bond donors (Lipinski definition) is 6. The largest absolute Gasteiger partial charge is 0.394 e. The van der Waals surface area contributed by atoms with Gasteiger partial charge in [0.2, 0.25) is 0 Å². The quantitative estimate of drug-likeness (QED) is 0.220. The van der Waals surface area contributed by atoms with E-state index in [0.29, 0.717) is 37.5 Å². The predicted molar refractivity (Wildman–Crippen MR) is 169 cm³/mol. The van der Waals surface area contributed by atoms with Crippen LogP contribution < -0.4 is 0 Å². The summed E-state index contributed by atoms with van der Waals surface area (Å²) in [5.41, 5.74) is -0.646. The van der Waals surface area contributed by atoms with Gasteiger partial charge in [-0.3, -0.25) is 4.79 Å². The molecule has 5 fully saturated rings. The monoisotopic (exact) mass is 636 g/mol. The third-order valence-electron chi connectivity index (χ3n) is 14.3. The first-order valence-electron chi connectivity index (χ1n) is 17.4. The molecule has 6 N–H and O–H groups in total. The lowest BCUT2D eigenvalue weighted by molar-refractivity contribution is -0.299. The maximum atomic E-state index is 13.0. The lowest BCUT2D eigenvalue weighted by Crippen LogP contribution is -2.67. The highest BCUT2D eigenvalue weighted by atomic mass is 16.7. The summed E-state index contributed by atoms with van der Waals surface area (Å²) in [6, 6.07) is 0. The van der Waals surface area contributed by atoms with Gasteiger partial charge in [-0.2, -0.15) is 0 Å². The second kappa shape index (κ2) is 12.2. The van der Waals surface area contributed by atoms with Crippen molar-refractivity contribution in [3.05, 3.63) is 11.6 Å². The molecule has 0 unspecified atom stereocenters. The van der Waals surface area contributed by atoms with Gasteiger partial charge in [0, 0.05) is 17.8 Å². The summed E-state index contributed by atoms with van der Waals surface area (Å²) in [6.07, 6.45) is 2.53. The van der Waals surface area contributed by atoms with Crippen LogP contribution in [-0.2, 0) is 14.3 Å². The van der Waals surface area contributed by atoms with Crippen LogP contribution in [0.3, 0.4) is 0 Å². The Hall–Kier alpha value is -0.910. The molecule has 0 amide bonds. The topological polar surface area (TPSA) is 157 Å². The number of carbonyl (C=O) groups excluding carboxylic acids is 1. The first-order chi connectivity index (χ1) is 20.8. The molecule has 258 valence electrons. The number of hydrogen-bond acceptors (Lipinski definition) is 9. The van der Waals surface area contributed by atoms with Crippen LogP contribution in [0.1, 0.15) is 106 Å². The number of allylic oxidation sites excluding steroid dienone is 1. The van der Waals surface area contributed by atoms with Crippen LogP contribution in [0.15, 0.2) is 11.6 Å². The van der Waals surface area contributed by atoms with Crippen LogP contribution >= 0.6 is 0 Å². The maximum Gasteiger partial charge on any atom is 0.187 e. The van der Waals surface area contributed by atoms with Gasteiger partial charge < -0.3 is 40.1 Å². The third-order valence-corrected chi connectivity index (χ3v) is 14.3. The van der Waals surface area contributed by atoms with Gasteiger partial charge in [-0.15, -0.1) is 0 Å². The third kappa shape index (κ3) is 5.59. The number of carbonyl (C=O) groups is 1. The van der Waals surface area contributed by atoms with Crippen LogP contribution in [-0.4, -0.2) is 92.0 Å². The van der Waals surface area contributed by atoms with Crippen LogP contribution in [0.5, 0.6) is 0 Å². The highest BCUT2D eigenvalue weighted by molar-refractivity contribution is 5.85. The Bertz CT molecular complexity index is 1130. The van der Waals surface area contributed by atoms with E-state index < -0.39 is 54.4 Å². The van der Waals surface area contributed by atoms with E-state index in [1.54, 1.807) is 0 Å². The molecule has 0 radical (unpaired) electrons. The molecule has 9 heteroatoms. The smallest absolute Gasteiger partial charge is 0.187 e. The Balaban J connectivity index is 1.23. The van der Waals surface area contributed by atoms with Crippen LogP contribution in [0.4, 0.5) is 0 Å². The average molecular weight is 637 g/mol. The lowest BCUT2D eigenvalue weighted by Gasteiger charge is -2.70. The number of aliphatic hydroxyl groups excluding tert-OH is 5. The fourth-order valence-corrected chi connectivity index (χ4v) is 11.8. The number of aliphatic hydroxyl groups is 6. The van der Waals surface area contributed by atoms with Gasteiger partial charge in [-0.25, -0.2) is 0 Å². The second-order valence-electron chi connectivity index (χ2n) is 17.1. The molecule has 4 saturated carbocycles. The zero-order chi connectivity index (χ0) is 33.3. The van der Waals surface area contributed by atoms with Crippen LogP contribution in [0.2, 0.25) is 0 Å². The maximum absolute atomic E-state index is 13.0. The Morgan fingerprint density at radius 2 is 1.69 bits per heavy atom. The Morgan fingerprint density at radius 1 is 1.00 bits per heavy atom. The summed E-state index contributed by atoms with van der Waals surface area (Å²) < 4.78 is 11.1. The van der Waals surface area contributed by atoms with Gasteiger partial charge in [-0.05, 0) is 99.2 Å². The van der Waals surface area contributed by atoms with E-state index in [4.69, 9.17) is 9.47 Å².